The predicted molar refractivity (Wildman–Crippen MR) is 101 cm³/mol. The van der Waals surface area contributed by atoms with Gasteiger partial charge < -0.3 is 20.3 Å². The molecule has 0 aliphatic heterocycles. The van der Waals surface area contributed by atoms with Gasteiger partial charge in [0, 0.05) is 26.2 Å². The number of likely N-dealkylation sites (N-methyl/N-ethyl adjacent to an activating group) is 1. The fraction of sp³-hybridized carbons (Fsp3) is 0.250. The number of rotatable bonds is 8. The average molecular weight is 369 g/mol. The largest absolute Gasteiger partial charge is 0.484 e. The molecule has 0 bridgehead atoms. The van der Waals surface area contributed by atoms with Gasteiger partial charge in [0.05, 0.1) is 6.54 Å². The Labute approximate surface area is 158 Å². The fourth-order valence-electron chi connectivity index (χ4n) is 2.29. The molecular weight excluding hydrogens is 346 g/mol. The summed E-state index contributed by atoms with van der Waals surface area (Å²) < 4.78 is 5.33. The Hall–Kier alpha value is -3.35. The molecule has 0 radical (unpaired) electrons. The zero-order valence-electron chi connectivity index (χ0n) is 15.4. The molecule has 2 rings (SSSR count). The van der Waals surface area contributed by atoms with Gasteiger partial charge in [-0.25, -0.2) is 0 Å². The molecule has 0 aliphatic rings. The summed E-state index contributed by atoms with van der Waals surface area (Å²) in [5.74, 6) is -0.156. The van der Waals surface area contributed by atoms with E-state index in [1.54, 1.807) is 50.5 Å². The molecule has 2 aromatic carbocycles. The summed E-state index contributed by atoms with van der Waals surface area (Å²) in [6.07, 6.45) is 0. The second-order valence-electron chi connectivity index (χ2n) is 5.90. The van der Waals surface area contributed by atoms with E-state index < -0.39 is 0 Å². The lowest BCUT2D eigenvalue weighted by atomic mass is 10.1. The smallest absolute Gasteiger partial charge is 0.258 e. The molecule has 27 heavy (non-hydrogen) atoms. The summed E-state index contributed by atoms with van der Waals surface area (Å²) in [6.45, 7) is 0.120. The molecule has 0 aliphatic carbocycles. The number of carbonyl (C=O) groups is 3. The minimum atomic E-state index is -0.365. The molecule has 0 saturated carbocycles. The van der Waals surface area contributed by atoms with Crippen LogP contribution in [-0.4, -0.2) is 49.9 Å². The van der Waals surface area contributed by atoms with Gasteiger partial charge in [-0.05, 0) is 29.8 Å². The first-order valence-corrected chi connectivity index (χ1v) is 8.49. The Morgan fingerprint density at radius 1 is 1.00 bits per heavy atom. The third-order valence-electron chi connectivity index (χ3n) is 3.84. The Morgan fingerprint density at radius 2 is 1.67 bits per heavy atom. The molecule has 0 unspecified atom stereocenters. The normalized spacial score (nSPS) is 10.0. The van der Waals surface area contributed by atoms with Crippen molar-refractivity contribution < 1.29 is 19.1 Å². The van der Waals surface area contributed by atoms with Crippen molar-refractivity contribution in [2.45, 2.75) is 6.54 Å². The van der Waals surface area contributed by atoms with Crippen LogP contribution in [0.3, 0.4) is 0 Å². The molecule has 3 amide bonds. The number of nitrogens with zero attached hydrogens (tertiary/aromatic N) is 1. The molecule has 7 nitrogen and oxygen atoms in total. The Balaban J connectivity index is 1.74. The first kappa shape index (κ1) is 20.0. The number of para-hydroxylation sites is 1. The third-order valence-corrected chi connectivity index (χ3v) is 3.84. The van der Waals surface area contributed by atoms with Crippen molar-refractivity contribution in [1.82, 2.24) is 15.5 Å². The maximum absolute atomic E-state index is 12.2. The molecule has 0 saturated heterocycles. The lowest BCUT2D eigenvalue weighted by molar-refractivity contribution is -0.132. The molecule has 2 aromatic rings. The molecule has 0 atom stereocenters. The molecule has 0 heterocycles. The summed E-state index contributed by atoms with van der Waals surface area (Å²) in [5, 5.41) is 5.10. The van der Waals surface area contributed by atoms with Gasteiger partial charge in [0.15, 0.2) is 6.61 Å². The summed E-state index contributed by atoms with van der Waals surface area (Å²) in [5.41, 5.74) is 1.44. The van der Waals surface area contributed by atoms with Gasteiger partial charge >= 0.3 is 0 Å². The molecule has 7 heteroatoms. The van der Waals surface area contributed by atoms with Gasteiger partial charge in [-0.2, -0.15) is 0 Å². The third kappa shape index (κ3) is 6.47. The van der Waals surface area contributed by atoms with Gasteiger partial charge in [0.2, 0.25) is 5.91 Å². The van der Waals surface area contributed by atoms with Crippen LogP contribution in [-0.2, 0) is 16.1 Å². The summed E-state index contributed by atoms with van der Waals surface area (Å²) in [7, 11) is 3.23. The van der Waals surface area contributed by atoms with E-state index in [1.807, 2.05) is 18.2 Å². The van der Waals surface area contributed by atoms with Crippen LogP contribution in [0.25, 0.3) is 0 Å². The van der Waals surface area contributed by atoms with Crippen LogP contribution in [0.2, 0.25) is 0 Å². The van der Waals surface area contributed by atoms with Crippen molar-refractivity contribution in [1.29, 1.82) is 0 Å². The SMILES string of the molecule is CNC(=O)c1ccc(CN(C)C(=O)CNC(=O)COc2ccccc2)cc1. The number of amides is 3. The maximum atomic E-state index is 12.2. The number of carbonyl (C=O) groups excluding carboxylic acids is 3. The van der Waals surface area contributed by atoms with Crippen molar-refractivity contribution in [2.75, 3.05) is 27.2 Å². The molecule has 0 spiro atoms. The number of nitrogens with one attached hydrogen (secondary N) is 2. The standard InChI is InChI=1S/C20H23N3O4/c1-21-20(26)16-10-8-15(9-11-16)13-23(2)19(25)12-22-18(24)14-27-17-6-4-3-5-7-17/h3-11H,12-14H2,1-2H3,(H,21,26)(H,22,24). The van der Waals surface area contributed by atoms with Crippen LogP contribution in [0.5, 0.6) is 5.75 Å². The monoisotopic (exact) mass is 369 g/mol. The lowest BCUT2D eigenvalue weighted by Gasteiger charge is -2.18. The highest BCUT2D eigenvalue weighted by Gasteiger charge is 2.12. The highest BCUT2D eigenvalue weighted by Crippen LogP contribution is 2.08. The first-order chi connectivity index (χ1) is 13.0. The summed E-state index contributed by atoms with van der Waals surface area (Å²) in [6, 6.07) is 16.0. The van der Waals surface area contributed by atoms with Gasteiger partial charge in [-0.15, -0.1) is 0 Å². The quantitative estimate of drug-likeness (QED) is 0.732. The molecule has 0 aromatic heterocycles. The van der Waals surface area contributed by atoms with E-state index in [4.69, 9.17) is 4.74 Å². The summed E-state index contributed by atoms with van der Waals surface area (Å²) in [4.78, 5) is 37.0. The fourth-order valence-corrected chi connectivity index (χ4v) is 2.29. The van der Waals surface area contributed by atoms with Crippen molar-refractivity contribution in [2.24, 2.45) is 0 Å². The van der Waals surface area contributed by atoms with E-state index in [0.717, 1.165) is 5.56 Å². The minimum absolute atomic E-state index is 0.107. The first-order valence-electron chi connectivity index (χ1n) is 8.49. The number of hydrogen-bond donors (Lipinski definition) is 2. The average Bonchev–Trinajstić information content (AvgIpc) is 2.71. The van der Waals surface area contributed by atoms with Crippen LogP contribution in [0.4, 0.5) is 0 Å². The van der Waals surface area contributed by atoms with Gasteiger partial charge in [-0.1, -0.05) is 30.3 Å². The molecule has 0 fully saturated rings. The van der Waals surface area contributed by atoms with Crippen LogP contribution < -0.4 is 15.4 Å². The Bertz CT molecular complexity index is 776. The van der Waals surface area contributed by atoms with Crippen LogP contribution in [0.1, 0.15) is 15.9 Å². The highest BCUT2D eigenvalue weighted by atomic mass is 16.5. The van der Waals surface area contributed by atoms with Crippen LogP contribution in [0.15, 0.2) is 54.6 Å². The van der Waals surface area contributed by atoms with Crippen LogP contribution >= 0.6 is 0 Å². The predicted octanol–water partition coefficient (Wildman–Crippen LogP) is 1.20. The summed E-state index contributed by atoms with van der Waals surface area (Å²) >= 11 is 0. The van der Waals surface area contributed by atoms with Crippen molar-refractivity contribution in [3.8, 4) is 5.75 Å². The Kier molecular flexibility index (Phi) is 7.37. The van der Waals surface area contributed by atoms with Crippen molar-refractivity contribution in [3.63, 3.8) is 0 Å². The van der Waals surface area contributed by atoms with Crippen molar-refractivity contribution >= 4 is 17.7 Å². The Morgan fingerprint density at radius 3 is 2.30 bits per heavy atom. The zero-order chi connectivity index (χ0) is 19.6. The van der Waals surface area contributed by atoms with E-state index in [2.05, 4.69) is 10.6 Å². The van der Waals surface area contributed by atoms with E-state index in [0.29, 0.717) is 17.9 Å². The van der Waals surface area contributed by atoms with Gasteiger partial charge in [0.25, 0.3) is 11.8 Å². The zero-order valence-corrected chi connectivity index (χ0v) is 15.4. The number of benzene rings is 2. The van der Waals surface area contributed by atoms with E-state index in [9.17, 15) is 14.4 Å². The molecular formula is C20H23N3O4. The second-order valence-corrected chi connectivity index (χ2v) is 5.90. The van der Waals surface area contributed by atoms with E-state index in [1.165, 1.54) is 4.90 Å². The number of ether oxygens (including phenoxy) is 1. The maximum Gasteiger partial charge on any atom is 0.258 e. The molecule has 142 valence electrons. The topological polar surface area (TPSA) is 87.7 Å². The minimum Gasteiger partial charge on any atom is -0.484 e. The molecule has 2 N–H and O–H groups in total. The van der Waals surface area contributed by atoms with Gasteiger partial charge in [0.1, 0.15) is 5.75 Å². The number of hydrogen-bond acceptors (Lipinski definition) is 4. The van der Waals surface area contributed by atoms with E-state index in [-0.39, 0.29) is 30.9 Å². The highest BCUT2D eigenvalue weighted by molar-refractivity contribution is 5.94. The van der Waals surface area contributed by atoms with Gasteiger partial charge in [-0.3, -0.25) is 14.4 Å². The lowest BCUT2D eigenvalue weighted by Crippen LogP contribution is -2.39. The van der Waals surface area contributed by atoms with Crippen molar-refractivity contribution in [3.05, 3.63) is 65.7 Å². The van der Waals surface area contributed by atoms with E-state index >= 15 is 0 Å². The van der Waals surface area contributed by atoms with Crippen LogP contribution in [0, 0.1) is 0 Å². The second kappa shape index (κ2) is 9.96.